The molecule has 0 fully saturated rings. The zero-order valence-corrected chi connectivity index (χ0v) is 24.2. The highest BCUT2D eigenvalue weighted by Crippen LogP contribution is 2.37. The van der Waals surface area contributed by atoms with Gasteiger partial charge in [0.15, 0.2) is 0 Å². The van der Waals surface area contributed by atoms with Gasteiger partial charge in [0.05, 0.1) is 43.3 Å². The van der Waals surface area contributed by atoms with Crippen LogP contribution in [0, 0.1) is 20.2 Å². The summed E-state index contributed by atoms with van der Waals surface area (Å²) in [4.78, 5) is 34.5. The first kappa shape index (κ1) is 28.7. The zero-order valence-electron chi connectivity index (χ0n) is 24.2. The minimum atomic E-state index is -0.360. The highest BCUT2D eigenvalue weighted by molar-refractivity contribution is 6.12. The summed E-state index contributed by atoms with van der Waals surface area (Å²) in [6.45, 7) is 2.91. The molecular formula is C33H31N7O4. The number of rotatable bonds is 12. The maximum Gasteiger partial charge on any atom is 0.280 e. The van der Waals surface area contributed by atoms with E-state index in [0.717, 1.165) is 59.1 Å². The highest BCUT2D eigenvalue weighted by atomic mass is 16.6. The molecule has 0 aliphatic carbocycles. The number of fused-ring (bicyclic) bond motifs is 4. The second kappa shape index (κ2) is 12.4. The Hall–Kier alpha value is -5.42. The molecule has 0 bridgehead atoms. The molecule has 0 aliphatic rings. The van der Waals surface area contributed by atoms with E-state index in [2.05, 4.69) is 32.5 Å². The van der Waals surface area contributed by atoms with Crippen molar-refractivity contribution in [1.82, 2.24) is 14.9 Å². The van der Waals surface area contributed by atoms with Gasteiger partial charge in [-0.1, -0.05) is 48.5 Å². The Balaban J connectivity index is 1.09. The Morgan fingerprint density at radius 3 is 1.45 bits per heavy atom. The predicted octanol–water partition coefficient (Wildman–Crippen LogP) is 7.14. The summed E-state index contributed by atoms with van der Waals surface area (Å²) in [6.07, 6.45) is 1.66. The number of nitrogens with one attached hydrogen (secondary N) is 2. The standard InChI is InChI=1S/C33H31N7O4/c1-38(20-8-18-34-32-22-10-2-4-12-24(22)36-26-14-6-16-28(30(26)32)39(41)42)21-9-19-35-33-23-11-3-5-13-25(23)37-27-15-7-17-29(31(27)33)40(43)44/h2-7,10-17H,8-9,18-21H2,1H3,(H,34,36)(H,35,37). The van der Waals surface area contributed by atoms with Gasteiger partial charge in [0.1, 0.15) is 10.8 Å². The summed E-state index contributed by atoms with van der Waals surface area (Å²) in [5, 5.41) is 33.3. The van der Waals surface area contributed by atoms with Gasteiger partial charge in [0.25, 0.3) is 11.4 Å². The van der Waals surface area contributed by atoms with Crippen molar-refractivity contribution >= 4 is 66.4 Å². The number of benzene rings is 4. The number of nitro groups is 2. The van der Waals surface area contributed by atoms with E-state index in [1.165, 1.54) is 12.1 Å². The SMILES string of the molecule is CN(CCCNc1c2ccccc2nc2cccc([N+](=O)[O-])c12)CCCNc1c2ccccc2nc2cccc([N+](=O)[O-])c12. The molecule has 2 heterocycles. The third-order valence-corrected chi connectivity index (χ3v) is 7.80. The van der Waals surface area contributed by atoms with Crippen LogP contribution in [0.15, 0.2) is 84.9 Å². The summed E-state index contributed by atoms with van der Waals surface area (Å²) >= 11 is 0. The number of hydrogen-bond acceptors (Lipinski definition) is 9. The monoisotopic (exact) mass is 589 g/mol. The molecule has 6 rings (SSSR count). The minimum Gasteiger partial charge on any atom is -0.384 e. The van der Waals surface area contributed by atoms with Crippen molar-refractivity contribution in [2.75, 3.05) is 43.9 Å². The number of nitrogens with zero attached hydrogens (tertiary/aromatic N) is 5. The molecule has 0 unspecified atom stereocenters. The maximum absolute atomic E-state index is 11.8. The zero-order chi connectivity index (χ0) is 30.6. The molecule has 11 nitrogen and oxygen atoms in total. The number of non-ortho nitro benzene ring substituents is 2. The summed E-state index contributed by atoms with van der Waals surface area (Å²) in [6, 6.07) is 25.3. The van der Waals surface area contributed by atoms with E-state index >= 15 is 0 Å². The van der Waals surface area contributed by atoms with Crippen LogP contribution in [0.3, 0.4) is 0 Å². The van der Waals surface area contributed by atoms with Gasteiger partial charge in [-0.2, -0.15) is 0 Å². The maximum atomic E-state index is 11.8. The van der Waals surface area contributed by atoms with Crippen LogP contribution >= 0.6 is 0 Å². The van der Waals surface area contributed by atoms with Crippen LogP contribution in [0.4, 0.5) is 22.7 Å². The van der Waals surface area contributed by atoms with Gasteiger partial charge in [0, 0.05) is 36.0 Å². The van der Waals surface area contributed by atoms with E-state index in [1.807, 2.05) is 48.5 Å². The molecule has 0 saturated heterocycles. The Kier molecular flexibility index (Phi) is 8.11. The quantitative estimate of drug-likeness (QED) is 0.0659. The van der Waals surface area contributed by atoms with Gasteiger partial charge in [-0.25, -0.2) is 9.97 Å². The molecular weight excluding hydrogens is 558 g/mol. The summed E-state index contributed by atoms with van der Waals surface area (Å²) < 4.78 is 0. The smallest absolute Gasteiger partial charge is 0.280 e. The first-order valence-electron chi connectivity index (χ1n) is 14.5. The molecule has 2 aromatic heterocycles. The third-order valence-electron chi connectivity index (χ3n) is 7.80. The lowest BCUT2D eigenvalue weighted by Gasteiger charge is -2.19. The van der Waals surface area contributed by atoms with Gasteiger partial charge in [-0.3, -0.25) is 20.2 Å². The van der Waals surface area contributed by atoms with Crippen LogP contribution in [0.2, 0.25) is 0 Å². The van der Waals surface area contributed by atoms with E-state index in [1.54, 1.807) is 24.3 Å². The lowest BCUT2D eigenvalue weighted by molar-refractivity contribution is -0.383. The van der Waals surface area contributed by atoms with Crippen LogP contribution in [0.25, 0.3) is 43.6 Å². The Morgan fingerprint density at radius 2 is 1.02 bits per heavy atom. The van der Waals surface area contributed by atoms with Crippen LogP contribution in [0.5, 0.6) is 0 Å². The fourth-order valence-electron chi connectivity index (χ4n) is 5.76. The second-order valence-electron chi connectivity index (χ2n) is 10.7. The predicted molar refractivity (Wildman–Crippen MR) is 176 cm³/mol. The van der Waals surface area contributed by atoms with E-state index in [9.17, 15) is 20.2 Å². The van der Waals surface area contributed by atoms with E-state index < -0.39 is 0 Å². The molecule has 0 atom stereocenters. The molecule has 0 radical (unpaired) electrons. The van der Waals surface area contributed by atoms with Crippen LogP contribution in [-0.4, -0.2) is 57.9 Å². The van der Waals surface area contributed by atoms with E-state index in [-0.39, 0.29) is 21.2 Å². The van der Waals surface area contributed by atoms with E-state index in [0.29, 0.717) is 34.9 Å². The van der Waals surface area contributed by atoms with Crippen molar-refractivity contribution in [3.8, 4) is 0 Å². The first-order chi connectivity index (χ1) is 21.4. The van der Waals surface area contributed by atoms with Crippen molar-refractivity contribution in [3.63, 3.8) is 0 Å². The summed E-state index contributed by atoms with van der Waals surface area (Å²) in [5.74, 6) is 0. The third kappa shape index (κ3) is 5.64. The number of hydrogen-bond donors (Lipinski definition) is 2. The molecule has 2 N–H and O–H groups in total. The van der Waals surface area contributed by atoms with Crippen molar-refractivity contribution in [3.05, 3.63) is 105 Å². The van der Waals surface area contributed by atoms with Crippen LogP contribution in [-0.2, 0) is 0 Å². The van der Waals surface area contributed by atoms with Gasteiger partial charge in [-0.05, 0) is 57.2 Å². The number of pyridine rings is 2. The fourth-order valence-corrected chi connectivity index (χ4v) is 5.76. The number of aromatic nitrogens is 2. The van der Waals surface area contributed by atoms with Gasteiger partial charge in [-0.15, -0.1) is 0 Å². The molecule has 11 heteroatoms. The first-order valence-corrected chi connectivity index (χ1v) is 14.5. The molecule has 4 aromatic carbocycles. The normalized spacial score (nSPS) is 11.5. The molecule has 6 aromatic rings. The number of anilines is 2. The lowest BCUT2D eigenvalue weighted by Crippen LogP contribution is -2.24. The Bertz CT molecular complexity index is 1890. The van der Waals surface area contributed by atoms with Crippen molar-refractivity contribution < 1.29 is 9.85 Å². The minimum absolute atomic E-state index is 0.0351. The molecule has 0 amide bonds. The van der Waals surface area contributed by atoms with Gasteiger partial charge in [0.2, 0.25) is 0 Å². The van der Waals surface area contributed by atoms with Crippen molar-refractivity contribution in [2.24, 2.45) is 0 Å². The van der Waals surface area contributed by atoms with E-state index in [4.69, 9.17) is 0 Å². The lowest BCUT2D eigenvalue weighted by atomic mass is 10.1. The fraction of sp³-hybridized carbons (Fsp3) is 0.212. The number of nitro benzene ring substituents is 2. The van der Waals surface area contributed by atoms with Crippen molar-refractivity contribution in [2.45, 2.75) is 12.8 Å². The molecule has 222 valence electrons. The van der Waals surface area contributed by atoms with Crippen LogP contribution in [0.1, 0.15) is 12.8 Å². The van der Waals surface area contributed by atoms with Crippen LogP contribution < -0.4 is 10.6 Å². The second-order valence-corrected chi connectivity index (χ2v) is 10.7. The van der Waals surface area contributed by atoms with Gasteiger partial charge >= 0.3 is 0 Å². The number of para-hydroxylation sites is 2. The summed E-state index contributed by atoms with van der Waals surface area (Å²) in [7, 11) is 2.06. The molecule has 0 aliphatic heterocycles. The average molecular weight is 590 g/mol. The van der Waals surface area contributed by atoms with Gasteiger partial charge < -0.3 is 15.5 Å². The largest absolute Gasteiger partial charge is 0.384 e. The topological polar surface area (TPSA) is 139 Å². The molecule has 0 spiro atoms. The highest BCUT2D eigenvalue weighted by Gasteiger charge is 2.20. The Morgan fingerprint density at radius 1 is 0.614 bits per heavy atom. The summed E-state index contributed by atoms with van der Waals surface area (Å²) in [5.41, 5.74) is 4.28. The molecule has 44 heavy (non-hydrogen) atoms. The molecule has 0 saturated carbocycles. The average Bonchev–Trinajstić information content (AvgIpc) is 3.03. The van der Waals surface area contributed by atoms with Crippen molar-refractivity contribution in [1.29, 1.82) is 0 Å². The Labute approximate surface area is 252 Å².